The molecule has 1 aromatic carbocycles. The van der Waals surface area contributed by atoms with Crippen LogP contribution in [-0.4, -0.2) is 47.5 Å². The first-order chi connectivity index (χ1) is 12.8. The number of anilines is 1. The number of para-hydroxylation sites is 1. The minimum atomic E-state index is 0.00192. The fourth-order valence-corrected chi connectivity index (χ4v) is 3.24. The van der Waals surface area contributed by atoms with E-state index in [-0.39, 0.29) is 5.91 Å². The Morgan fingerprint density at radius 2 is 1.92 bits per heavy atom. The van der Waals surface area contributed by atoms with Crippen LogP contribution in [-0.2, 0) is 6.42 Å². The lowest BCUT2D eigenvalue weighted by atomic mass is 10.1. The third kappa shape index (κ3) is 4.71. The van der Waals surface area contributed by atoms with Gasteiger partial charge in [0.2, 0.25) is 0 Å². The predicted molar refractivity (Wildman–Crippen MR) is 102 cm³/mol. The first-order valence-corrected chi connectivity index (χ1v) is 9.25. The molecule has 0 unspecified atom stereocenters. The molecule has 0 radical (unpaired) electrons. The van der Waals surface area contributed by atoms with Gasteiger partial charge in [-0.1, -0.05) is 31.0 Å². The molecule has 0 bridgehead atoms. The predicted octanol–water partition coefficient (Wildman–Crippen LogP) is 3.16. The smallest absolute Gasteiger partial charge is 0.272 e. The van der Waals surface area contributed by atoms with E-state index in [4.69, 9.17) is 4.74 Å². The molecule has 0 saturated carbocycles. The van der Waals surface area contributed by atoms with Crippen molar-refractivity contribution in [2.45, 2.75) is 32.1 Å². The summed E-state index contributed by atoms with van der Waals surface area (Å²) in [6.07, 6.45) is 6.80. The fraction of sp³-hybridized carbons (Fsp3) is 0.450. The molecule has 1 aliphatic rings. The average molecular weight is 354 g/mol. The van der Waals surface area contributed by atoms with Gasteiger partial charge in [-0.2, -0.15) is 0 Å². The van der Waals surface area contributed by atoms with Gasteiger partial charge in [0.15, 0.2) is 0 Å². The van der Waals surface area contributed by atoms with Gasteiger partial charge in [-0.15, -0.1) is 0 Å². The number of methoxy groups -OCH3 is 1. The third-order valence-electron chi connectivity index (χ3n) is 4.67. The van der Waals surface area contributed by atoms with Crippen molar-refractivity contribution in [1.29, 1.82) is 0 Å². The van der Waals surface area contributed by atoms with Crippen LogP contribution in [0.1, 0.15) is 41.7 Å². The average Bonchev–Trinajstić information content (AvgIpc) is 2.97. The number of carbonyl (C=O) groups is 1. The SMILES string of the molecule is COc1ccccc1CCNc1cc(C(=O)N2CCCCCC2)ncn1. The molecule has 1 aliphatic heterocycles. The molecule has 1 aromatic heterocycles. The molecule has 1 amide bonds. The molecule has 1 fully saturated rings. The Labute approximate surface area is 154 Å². The van der Waals surface area contributed by atoms with E-state index in [2.05, 4.69) is 21.4 Å². The Morgan fingerprint density at radius 1 is 1.15 bits per heavy atom. The van der Waals surface area contributed by atoms with Crippen LogP contribution in [0, 0.1) is 0 Å². The Morgan fingerprint density at radius 3 is 2.69 bits per heavy atom. The van der Waals surface area contributed by atoms with Gasteiger partial charge < -0.3 is 15.0 Å². The maximum atomic E-state index is 12.7. The van der Waals surface area contributed by atoms with E-state index < -0.39 is 0 Å². The topological polar surface area (TPSA) is 67.3 Å². The number of hydrogen-bond donors (Lipinski definition) is 1. The summed E-state index contributed by atoms with van der Waals surface area (Å²) in [5, 5.41) is 3.28. The van der Waals surface area contributed by atoms with E-state index in [1.807, 2.05) is 23.1 Å². The molecule has 3 rings (SSSR count). The van der Waals surface area contributed by atoms with Gasteiger partial charge >= 0.3 is 0 Å². The molecule has 138 valence electrons. The number of rotatable bonds is 6. The van der Waals surface area contributed by atoms with Crippen LogP contribution in [0.4, 0.5) is 5.82 Å². The monoisotopic (exact) mass is 354 g/mol. The van der Waals surface area contributed by atoms with Gasteiger partial charge in [-0.25, -0.2) is 9.97 Å². The summed E-state index contributed by atoms with van der Waals surface area (Å²) >= 11 is 0. The number of ether oxygens (including phenoxy) is 1. The second kappa shape index (κ2) is 9.17. The number of nitrogens with one attached hydrogen (secondary N) is 1. The third-order valence-corrected chi connectivity index (χ3v) is 4.67. The van der Waals surface area contributed by atoms with E-state index in [9.17, 15) is 4.79 Å². The van der Waals surface area contributed by atoms with Gasteiger partial charge in [-0.3, -0.25) is 4.79 Å². The molecule has 26 heavy (non-hydrogen) atoms. The fourth-order valence-electron chi connectivity index (χ4n) is 3.24. The first-order valence-electron chi connectivity index (χ1n) is 9.25. The normalized spacial score (nSPS) is 14.6. The van der Waals surface area contributed by atoms with Crippen molar-refractivity contribution in [2.24, 2.45) is 0 Å². The van der Waals surface area contributed by atoms with Crippen molar-refractivity contribution in [1.82, 2.24) is 14.9 Å². The van der Waals surface area contributed by atoms with Crippen molar-refractivity contribution in [3.8, 4) is 5.75 Å². The lowest BCUT2D eigenvalue weighted by molar-refractivity contribution is 0.0755. The zero-order chi connectivity index (χ0) is 18.2. The van der Waals surface area contributed by atoms with E-state index in [0.717, 1.165) is 43.7 Å². The van der Waals surface area contributed by atoms with Gasteiger partial charge in [0.1, 0.15) is 23.6 Å². The lowest BCUT2D eigenvalue weighted by Crippen LogP contribution is -2.32. The van der Waals surface area contributed by atoms with Crippen molar-refractivity contribution in [2.75, 3.05) is 32.1 Å². The van der Waals surface area contributed by atoms with E-state index >= 15 is 0 Å². The van der Waals surface area contributed by atoms with Crippen molar-refractivity contribution >= 4 is 11.7 Å². The molecule has 1 saturated heterocycles. The van der Waals surface area contributed by atoms with Crippen LogP contribution in [0.5, 0.6) is 5.75 Å². The van der Waals surface area contributed by atoms with Crippen molar-refractivity contribution in [3.63, 3.8) is 0 Å². The number of nitrogens with zero attached hydrogens (tertiary/aromatic N) is 3. The molecule has 0 spiro atoms. The van der Waals surface area contributed by atoms with Crippen LogP contribution in [0.2, 0.25) is 0 Å². The quantitative estimate of drug-likeness (QED) is 0.863. The summed E-state index contributed by atoms with van der Waals surface area (Å²) in [7, 11) is 1.68. The Kier molecular flexibility index (Phi) is 6.41. The standard InChI is InChI=1S/C20H26N4O2/c1-26-18-9-5-4-8-16(18)10-11-21-19-14-17(22-15-23-19)20(25)24-12-6-2-3-7-13-24/h4-5,8-9,14-15H,2-3,6-7,10-13H2,1H3,(H,21,22,23). The highest BCUT2D eigenvalue weighted by molar-refractivity contribution is 5.92. The van der Waals surface area contributed by atoms with E-state index in [1.165, 1.54) is 19.2 Å². The maximum Gasteiger partial charge on any atom is 0.272 e. The van der Waals surface area contributed by atoms with Crippen LogP contribution in [0.3, 0.4) is 0 Å². The lowest BCUT2D eigenvalue weighted by Gasteiger charge is -2.19. The van der Waals surface area contributed by atoms with Crippen molar-refractivity contribution < 1.29 is 9.53 Å². The first kappa shape index (κ1) is 18.2. The second-order valence-electron chi connectivity index (χ2n) is 6.48. The highest BCUT2D eigenvalue weighted by atomic mass is 16.5. The molecule has 0 aliphatic carbocycles. The summed E-state index contributed by atoms with van der Waals surface area (Å²) in [6, 6.07) is 9.71. The van der Waals surface area contributed by atoms with Gasteiger partial charge in [0.25, 0.3) is 5.91 Å². The summed E-state index contributed by atoms with van der Waals surface area (Å²) in [4.78, 5) is 23.0. The molecule has 6 heteroatoms. The number of likely N-dealkylation sites (tertiary alicyclic amines) is 1. The number of carbonyl (C=O) groups excluding carboxylic acids is 1. The Hall–Kier alpha value is -2.63. The maximum absolute atomic E-state index is 12.7. The molecule has 2 heterocycles. The summed E-state index contributed by atoms with van der Waals surface area (Å²) < 4.78 is 5.37. The highest BCUT2D eigenvalue weighted by Crippen LogP contribution is 2.18. The van der Waals surface area contributed by atoms with Crippen LogP contribution in [0.15, 0.2) is 36.7 Å². The Balaban J connectivity index is 1.59. The summed E-state index contributed by atoms with van der Waals surface area (Å²) in [5.41, 5.74) is 1.60. The second-order valence-corrected chi connectivity index (χ2v) is 6.48. The van der Waals surface area contributed by atoms with Crippen LogP contribution >= 0.6 is 0 Å². The number of hydrogen-bond acceptors (Lipinski definition) is 5. The van der Waals surface area contributed by atoms with E-state index in [1.54, 1.807) is 13.2 Å². The molecular weight excluding hydrogens is 328 g/mol. The van der Waals surface area contributed by atoms with E-state index in [0.29, 0.717) is 18.1 Å². The van der Waals surface area contributed by atoms with Gasteiger partial charge in [0, 0.05) is 25.7 Å². The molecule has 2 aromatic rings. The molecule has 0 atom stereocenters. The summed E-state index contributed by atoms with van der Waals surface area (Å²) in [6.45, 7) is 2.34. The van der Waals surface area contributed by atoms with Gasteiger partial charge in [0.05, 0.1) is 7.11 Å². The minimum absolute atomic E-state index is 0.00192. The summed E-state index contributed by atoms with van der Waals surface area (Å²) in [5.74, 6) is 1.56. The highest BCUT2D eigenvalue weighted by Gasteiger charge is 2.18. The largest absolute Gasteiger partial charge is 0.496 e. The molecule has 1 N–H and O–H groups in total. The van der Waals surface area contributed by atoms with Crippen molar-refractivity contribution in [3.05, 3.63) is 47.9 Å². The zero-order valence-corrected chi connectivity index (χ0v) is 15.3. The molecule has 6 nitrogen and oxygen atoms in total. The number of aromatic nitrogens is 2. The number of benzene rings is 1. The van der Waals surface area contributed by atoms with Crippen LogP contribution in [0.25, 0.3) is 0 Å². The minimum Gasteiger partial charge on any atom is -0.496 e. The molecular formula is C20H26N4O2. The Bertz CT molecular complexity index is 727. The van der Waals surface area contributed by atoms with Crippen LogP contribution < -0.4 is 10.1 Å². The zero-order valence-electron chi connectivity index (χ0n) is 15.3. The number of amides is 1. The van der Waals surface area contributed by atoms with Gasteiger partial charge in [-0.05, 0) is 30.9 Å².